The molecular weight excluding hydrogens is 358 g/mol. The van der Waals surface area contributed by atoms with Crippen LogP contribution in [0, 0.1) is 5.41 Å². The average molecular weight is 381 g/mol. The van der Waals surface area contributed by atoms with Gasteiger partial charge in [0, 0.05) is 29.6 Å². The molecule has 0 bridgehead atoms. The van der Waals surface area contributed by atoms with Crippen molar-refractivity contribution in [2.24, 2.45) is 5.41 Å². The molecule has 2 aromatic heterocycles. The first-order chi connectivity index (χ1) is 13.3. The number of likely N-dealkylation sites (tertiary alicyclic amines) is 1. The van der Waals surface area contributed by atoms with E-state index in [1.54, 1.807) is 18.2 Å². The maximum Gasteiger partial charge on any atom is 0.269 e. The lowest BCUT2D eigenvalue weighted by Crippen LogP contribution is -2.43. The molecule has 0 unspecified atom stereocenters. The Labute approximate surface area is 161 Å². The van der Waals surface area contributed by atoms with E-state index in [0.717, 1.165) is 11.9 Å². The van der Waals surface area contributed by atoms with Gasteiger partial charge in [-0.2, -0.15) is 15.4 Å². The van der Waals surface area contributed by atoms with E-state index in [1.807, 2.05) is 4.90 Å². The van der Waals surface area contributed by atoms with E-state index in [1.165, 1.54) is 12.5 Å². The molecule has 4 rings (SSSR count). The molecule has 9 heteroatoms. The van der Waals surface area contributed by atoms with Crippen molar-refractivity contribution in [3.8, 4) is 0 Å². The van der Waals surface area contributed by atoms with Crippen molar-refractivity contribution >= 4 is 22.8 Å². The number of nitrogens with zero attached hydrogens (tertiary/aromatic N) is 4. The number of rotatable bonds is 4. The number of carbonyl (C=O) groups is 2. The number of amides is 2. The summed E-state index contributed by atoms with van der Waals surface area (Å²) in [5, 5.41) is 13.6. The van der Waals surface area contributed by atoms with Crippen LogP contribution >= 0.6 is 0 Å². The van der Waals surface area contributed by atoms with Crippen LogP contribution < -0.4 is 5.32 Å². The number of aromatic nitrogens is 5. The van der Waals surface area contributed by atoms with Gasteiger partial charge >= 0.3 is 0 Å². The van der Waals surface area contributed by atoms with Crippen molar-refractivity contribution in [3.63, 3.8) is 0 Å². The van der Waals surface area contributed by atoms with Gasteiger partial charge in [0.1, 0.15) is 16.7 Å². The van der Waals surface area contributed by atoms with Crippen molar-refractivity contribution in [1.29, 1.82) is 0 Å². The van der Waals surface area contributed by atoms with Crippen molar-refractivity contribution in [2.45, 2.75) is 32.7 Å². The van der Waals surface area contributed by atoms with Crippen LogP contribution in [-0.2, 0) is 0 Å². The fourth-order valence-corrected chi connectivity index (χ4v) is 4.15. The number of benzene rings is 1. The van der Waals surface area contributed by atoms with Crippen LogP contribution in [0.1, 0.15) is 48.0 Å². The minimum Gasteiger partial charge on any atom is -0.350 e. The van der Waals surface area contributed by atoms with Crippen molar-refractivity contribution in [1.82, 2.24) is 35.6 Å². The summed E-state index contributed by atoms with van der Waals surface area (Å²) in [6.45, 7) is 7.23. The molecule has 3 N–H and O–H groups in total. The van der Waals surface area contributed by atoms with E-state index in [9.17, 15) is 9.59 Å². The van der Waals surface area contributed by atoms with E-state index in [0.29, 0.717) is 29.9 Å². The number of imidazole rings is 1. The molecule has 9 nitrogen and oxygen atoms in total. The second-order valence-electron chi connectivity index (χ2n) is 8.37. The fourth-order valence-electron chi connectivity index (χ4n) is 4.15. The molecule has 1 aliphatic heterocycles. The molecule has 0 spiro atoms. The molecule has 0 aliphatic carbocycles. The van der Waals surface area contributed by atoms with Gasteiger partial charge in [0.25, 0.3) is 11.8 Å². The summed E-state index contributed by atoms with van der Waals surface area (Å²) >= 11 is 0. The second kappa shape index (κ2) is 6.43. The first-order valence-corrected chi connectivity index (χ1v) is 9.17. The third kappa shape index (κ3) is 3.23. The molecule has 1 atom stereocenters. The molecule has 0 saturated carbocycles. The van der Waals surface area contributed by atoms with Gasteiger partial charge in [0.15, 0.2) is 0 Å². The molecule has 1 aliphatic rings. The molecule has 3 aromatic rings. The van der Waals surface area contributed by atoms with Crippen LogP contribution in [0.5, 0.6) is 0 Å². The summed E-state index contributed by atoms with van der Waals surface area (Å²) in [5.74, 6) is -0.240. The SMILES string of the molecule is CC1(C)C[C@@](C)(CNC(=O)c2cnc[nH]2)CN1C(=O)c1ccc2n[nH]nc2c1. The van der Waals surface area contributed by atoms with Gasteiger partial charge in [-0.25, -0.2) is 4.98 Å². The zero-order chi connectivity index (χ0) is 19.9. The molecule has 0 radical (unpaired) electrons. The standard InChI is InChI=1S/C19H23N7O2/c1-18(2)8-19(3,9-21-16(27)15-7-20-11-22-15)10-26(18)17(28)12-4-5-13-14(6-12)24-25-23-13/h4-7,11H,8-10H2,1-3H3,(H,20,22)(H,21,27)(H,23,24,25)/t19-/m0/s1. The molecule has 28 heavy (non-hydrogen) atoms. The quantitative estimate of drug-likeness (QED) is 0.636. The number of aromatic amines is 2. The third-order valence-corrected chi connectivity index (χ3v) is 5.36. The van der Waals surface area contributed by atoms with Gasteiger partial charge in [-0.3, -0.25) is 9.59 Å². The highest BCUT2D eigenvalue weighted by Gasteiger charge is 2.48. The molecule has 1 saturated heterocycles. The van der Waals surface area contributed by atoms with Crippen molar-refractivity contribution < 1.29 is 9.59 Å². The van der Waals surface area contributed by atoms with Gasteiger partial charge in [-0.1, -0.05) is 6.92 Å². The number of nitrogens with one attached hydrogen (secondary N) is 3. The minimum atomic E-state index is -0.330. The maximum atomic E-state index is 13.2. The summed E-state index contributed by atoms with van der Waals surface area (Å²) in [7, 11) is 0. The summed E-state index contributed by atoms with van der Waals surface area (Å²) in [6, 6.07) is 5.32. The second-order valence-corrected chi connectivity index (χ2v) is 8.37. The topological polar surface area (TPSA) is 120 Å². The Hall–Kier alpha value is -3.23. The summed E-state index contributed by atoms with van der Waals surface area (Å²) in [6.07, 6.45) is 3.74. The lowest BCUT2D eigenvalue weighted by atomic mass is 9.84. The fraction of sp³-hybridized carbons (Fsp3) is 0.421. The predicted octanol–water partition coefficient (Wildman–Crippen LogP) is 1.74. The molecule has 146 valence electrons. The van der Waals surface area contributed by atoms with Crippen LogP contribution in [0.25, 0.3) is 11.0 Å². The molecule has 1 fully saturated rings. The van der Waals surface area contributed by atoms with E-state index < -0.39 is 0 Å². The van der Waals surface area contributed by atoms with Gasteiger partial charge in [0.2, 0.25) is 0 Å². The van der Waals surface area contributed by atoms with E-state index >= 15 is 0 Å². The Balaban J connectivity index is 1.50. The van der Waals surface area contributed by atoms with Crippen LogP contribution in [0.2, 0.25) is 0 Å². The minimum absolute atomic E-state index is 0.0430. The Morgan fingerprint density at radius 2 is 2.00 bits per heavy atom. The van der Waals surface area contributed by atoms with E-state index in [-0.39, 0.29) is 22.8 Å². The number of carbonyl (C=O) groups excluding carboxylic acids is 2. The van der Waals surface area contributed by atoms with Crippen LogP contribution in [0.4, 0.5) is 0 Å². The highest BCUT2D eigenvalue weighted by Crippen LogP contribution is 2.41. The van der Waals surface area contributed by atoms with Gasteiger partial charge in [-0.05, 0) is 38.5 Å². The third-order valence-electron chi connectivity index (χ3n) is 5.36. The number of fused-ring (bicyclic) bond motifs is 1. The van der Waals surface area contributed by atoms with Crippen molar-refractivity contribution in [3.05, 3.63) is 42.0 Å². The largest absolute Gasteiger partial charge is 0.350 e. The number of hydrogen-bond acceptors (Lipinski definition) is 5. The number of H-pyrrole nitrogens is 2. The summed E-state index contributed by atoms with van der Waals surface area (Å²) < 4.78 is 0. The first-order valence-electron chi connectivity index (χ1n) is 9.17. The summed E-state index contributed by atoms with van der Waals surface area (Å²) in [4.78, 5) is 34.0. The lowest BCUT2D eigenvalue weighted by molar-refractivity contribution is 0.0645. The lowest BCUT2D eigenvalue weighted by Gasteiger charge is -2.31. The Kier molecular flexibility index (Phi) is 4.17. The van der Waals surface area contributed by atoms with Gasteiger partial charge in [-0.15, -0.1) is 0 Å². The zero-order valence-corrected chi connectivity index (χ0v) is 16.1. The molecular formula is C19H23N7O2. The van der Waals surface area contributed by atoms with Crippen LogP contribution in [-0.4, -0.2) is 60.7 Å². The van der Waals surface area contributed by atoms with E-state index in [4.69, 9.17) is 0 Å². The molecule has 3 heterocycles. The highest BCUT2D eigenvalue weighted by atomic mass is 16.2. The summed E-state index contributed by atoms with van der Waals surface area (Å²) in [5.41, 5.74) is 1.84. The normalized spacial score (nSPS) is 21.2. The molecule has 1 aromatic carbocycles. The van der Waals surface area contributed by atoms with Crippen molar-refractivity contribution in [2.75, 3.05) is 13.1 Å². The average Bonchev–Trinajstić information content (AvgIpc) is 3.37. The maximum absolute atomic E-state index is 13.2. The smallest absolute Gasteiger partial charge is 0.269 e. The van der Waals surface area contributed by atoms with Crippen LogP contribution in [0.15, 0.2) is 30.7 Å². The molecule has 2 amide bonds. The first kappa shape index (κ1) is 18.1. The van der Waals surface area contributed by atoms with Gasteiger partial charge < -0.3 is 15.2 Å². The Morgan fingerprint density at radius 1 is 1.21 bits per heavy atom. The van der Waals surface area contributed by atoms with Gasteiger partial charge in [0.05, 0.1) is 12.5 Å². The number of hydrogen-bond donors (Lipinski definition) is 3. The zero-order valence-electron chi connectivity index (χ0n) is 16.1. The highest BCUT2D eigenvalue weighted by molar-refractivity contribution is 5.98. The van der Waals surface area contributed by atoms with Crippen LogP contribution in [0.3, 0.4) is 0 Å². The Bertz CT molecular complexity index is 1020. The van der Waals surface area contributed by atoms with E-state index in [2.05, 4.69) is 51.5 Å². The predicted molar refractivity (Wildman–Crippen MR) is 103 cm³/mol. The monoisotopic (exact) mass is 381 g/mol. The Morgan fingerprint density at radius 3 is 2.75 bits per heavy atom.